The quantitative estimate of drug-likeness (QED) is 0.918. The number of hydrogen-bond donors (Lipinski definition) is 1. The Labute approximate surface area is 110 Å². The Morgan fingerprint density at radius 3 is 2.65 bits per heavy atom. The first-order valence-electron chi connectivity index (χ1n) is 5.73. The van der Waals surface area contributed by atoms with Gasteiger partial charge in [0.15, 0.2) is 0 Å². The molecule has 2 rings (SSSR count). The number of rotatable bonds is 5. The second-order valence-corrected chi connectivity index (χ2v) is 5.19. The third kappa shape index (κ3) is 3.72. The molecule has 1 aromatic heterocycles. The van der Waals surface area contributed by atoms with Crippen LogP contribution in [0.15, 0.2) is 51.7 Å². The summed E-state index contributed by atoms with van der Waals surface area (Å²) in [6.07, 6.45) is 5.48. The molecule has 0 radical (unpaired) electrons. The van der Waals surface area contributed by atoms with Crippen LogP contribution in [0, 0.1) is 5.92 Å². The monoisotopic (exact) mass is 293 g/mol. The van der Waals surface area contributed by atoms with Crippen LogP contribution in [0.25, 0.3) is 0 Å². The van der Waals surface area contributed by atoms with E-state index in [-0.39, 0.29) is 0 Å². The zero-order valence-electron chi connectivity index (χ0n) is 9.60. The number of hydrogen-bond acceptors (Lipinski definition) is 2. The first-order valence-corrected chi connectivity index (χ1v) is 6.53. The molecular formula is C14H16BrNO. The molecular weight excluding hydrogens is 278 g/mol. The van der Waals surface area contributed by atoms with Gasteiger partial charge in [0.05, 0.1) is 12.5 Å². The number of benzene rings is 1. The Morgan fingerprint density at radius 1 is 1.18 bits per heavy atom. The smallest absolute Gasteiger partial charge is 0.0934 e. The maximum atomic E-state index is 5.83. The van der Waals surface area contributed by atoms with Gasteiger partial charge in [-0.25, -0.2) is 0 Å². The lowest BCUT2D eigenvalue weighted by atomic mass is 9.94. The van der Waals surface area contributed by atoms with Gasteiger partial charge in [-0.2, -0.15) is 0 Å². The average Bonchev–Trinajstić information content (AvgIpc) is 2.81. The summed E-state index contributed by atoms with van der Waals surface area (Å²) in [5, 5.41) is 0. The van der Waals surface area contributed by atoms with E-state index in [0.29, 0.717) is 12.5 Å². The van der Waals surface area contributed by atoms with Crippen LogP contribution in [0.2, 0.25) is 0 Å². The van der Waals surface area contributed by atoms with Crippen LogP contribution in [0.4, 0.5) is 0 Å². The fourth-order valence-corrected chi connectivity index (χ4v) is 2.42. The Hall–Kier alpha value is -1.06. The van der Waals surface area contributed by atoms with Crippen molar-refractivity contribution in [2.24, 2.45) is 11.7 Å². The Kier molecular flexibility index (Phi) is 4.40. The van der Waals surface area contributed by atoms with Crippen molar-refractivity contribution in [1.29, 1.82) is 0 Å². The Bertz CT molecular complexity index is 453. The largest absolute Gasteiger partial charge is 0.472 e. The molecule has 17 heavy (non-hydrogen) atoms. The normalized spacial score (nSPS) is 12.6. The molecule has 0 fully saturated rings. The zero-order valence-corrected chi connectivity index (χ0v) is 11.2. The number of nitrogens with two attached hydrogens (primary N) is 1. The minimum atomic E-state index is 0.460. The lowest BCUT2D eigenvalue weighted by Crippen LogP contribution is -2.19. The summed E-state index contributed by atoms with van der Waals surface area (Å²) < 4.78 is 6.20. The van der Waals surface area contributed by atoms with E-state index >= 15 is 0 Å². The van der Waals surface area contributed by atoms with E-state index in [1.165, 1.54) is 11.1 Å². The SMILES string of the molecule is NCC(Cc1ccoc1)Cc1cccc(Br)c1. The molecule has 1 atom stereocenters. The molecule has 2 N–H and O–H groups in total. The third-order valence-corrected chi connectivity index (χ3v) is 3.34. The fraction of sp³-hybridized carbons (Fsp3) is 0.286. The van der Waals surface area contributed by atoms with Crippen LogP contribution in [-0.4, -0.2) is 6.54 Å². The highest BCUT2D eigenvalue weighted by Gasteiger charge is 2.10. The van der Waals surface area contributed by atoms with E-state index in [2.05, 4.69) is 34.1 Å². The van der Waals surface area contributed by atoms with Crippen molar-refractivity contribution in [3.05, 3.63) is 58.5 Å². The molecule has 0 aliphatic carbocycles. The van der Waals surface area contributed by atoms with Crippen molar-refractivity contribution >= 4 is 15.9 Å². The summed E-state index contributed by atoms with van der Waals surface area (Å²) in [5.74, 6) is 0.460. The van der Waals surface area contributed by atoms with E-state index in [4.69, 9.17) is 10.2 Å². The van der Waals surface area contributed by atoms with Gasteiger partial charge in [-0.3, -0.25) is 0 Å². The predicted octanol–water partition coefficient (Wildman–Crippen LogP) is 3.40. The average molecular weight is 294 g/mol. The lowest BCUT2D eigenvalue weighted by molar-refractivity contribution is 0.521. The highest BCUT2D eigenvalue weighted by atomic mass is 79.9. The highest BCUT2D eigenvalue weighted by Crippen LogP contribution is 2.17. The maximum Gasteiger partial charge on any atom is 0.0934 e. The van der Waals surface area contributed by atoms with Crippen molar-refractivity contribution in [2.45, 2.75) is 12.8 Å². The van der Waals surface area contributed by atoms with Gasteiger partial charge < -0.3 is 10.2 Å². The summed E-state index contributed by atoms with van der Waals surface area (Å²) in [7, 11) is 0. The van der Waals surface area contributed by atoms with Gasteiger partial charge in [-0.1, -0.05) is 28.1 Å². The van der Waals surface area contributed by atoms with Crippen molar-refractivity contribution < 1.29 is 4.42 Å². The second kappa shape index (κ2) is 6.03. The van der Waals surface area contributed by atoms with Crippen molar-refractivity contribution in [3.63, 3.8) is 0 Å². The summed E-state index contributed by atoms with van der Waals surface area (Å²) in [5.41, 5.74) is 8.37. The molecule has 0 bridgehead atoms. The van der Waals surface area contributed by atoms with Gasteiger partial charge in [-0.15, -0.1) is 0 Å². The van der Waals surface area contributed by atoms with Crippen LogP contribution in [-0.2, 0) is 12.8 Å². The molecule has 1 heterocycles. The Balaban J connectivity index is 2.00. The summed E-state index contributed by atoms with van der Waals surface area (Å²) in [4.78, 5) is 0. The topological polar surface area (TPSA) is 39.2 Å². The van der Waals surface area contributed by atoms with Crippen LogP contribution in [0.3, 0.4) is 0 Å². The van der Waals surface area contributed by atoms with Crippen molar-refractivity contribution in [3.8, 4) is 0 Å². The second-order valence-electron chi connectivity index (χ2n) is 4.27. The fourth-order valence-electron chi connectivity index (χ4n) is 1.98. The van der Waals surface area contributed by atoms with Crippen molar-refractivity contribution in [2.75, 3.05) is 6.54 Å². The minimum Gasteiger partial charge on any atom is -0.472 e. The first-order chi connectivity index (χ1) is 8.28. The van der Waals surface area contributed by atoms with E-state index in [1.807, 2.05) is 12.1 Å². The third-order valence-electron chi connectivity index (χ3n) is 2.85. The molecule has 0 aliphatic heterocycles. The molecule has 2 nitrogen and oxygen atoms in total. The van der Waals surface area contributed by atoms with Gasteiger partial charge in [-0.05, 0) is 54.6 Å². The van der Waals surface area contributed by atoms with Gasteiger partial charge in [0.25, 0.3) is 0 Å². The molecule has 1 aromatic carbocycles. The van der Waals surface area contributed by atoms with Crippen LogP contribution in [0.5, 0.6) is 0 Å². The first kappa shape index (κ1) is 12.4. The van der Waals surface area contributed by atoms with Gasteiger partial charge in [0.2, 0.25) is 0 Å². The number of furan rings is 1. The van der Waals surface area contributed by atoms with Gasteiger partial charge in [0.1, 0.15) is 0 Å². The van der Waals surface area contributed by atoms with Crippen LogP contribution >= 0.6 is 15.9 Å². The summed E-state index contributed by atoms with van der Waals surface area (Å²) >= 11 is 3.49. The molecule has 0 saturated heterocycles. The van der Waals surface area contributed by atoms with E-state index in [9.17, 15) is 0 Å². The lowest BCUT2D eigenvalue weighted by Gasteiger charge is -2.13. The molecule has 1 unspecified atom stereocenters. The van der Waals surface area contributed by atoms with Crippen LogP contribution < -0.4 is 5.73 Å². The van der Waals surface area contributed by atoms with Gasteiger partial charge in [0, 0.05) is 4.47 Å². The molecule has 3 heteroatoms. The van der Waals surface area contributed by atoms with Gasteiger partial charge >= 0.3 is 0 Å². The molecule has 2 aromatic rings. The Morgan fingerprint density at radius 2 is 2.00 bits per heavy atom. The van der Waals surface area contributed by atoms with Crippen molar-refractivity contribution in [1.82, 2.24) is 0 Å². The van der Waals surface area contributed by atoms with E-state index in [0.717, 1.165) is 17.3 Å². The number of halogens is 1. The molecule has 90 valence electrons. The standard InChI is InChI=1S/C14H16BrNO/c15-14-3-1-2-11(8-14)6-13(9-16)7-12-4-5-17-10-12/h1-5,8,10,13H,6-7,9,16H2. The molecule has 0 spiro atoms. The van der Waals surface area contributed by atoms with E-state index < -0.39 is 0 Å². The summed E-state index contributed by atoms with van der Waals surface area (Å²) in [6, 6.07) is 10.4. The minimum absolute atomic E-state index is 0.460. The zero-order chi connectivity index (χ0) is 12.1. The maximum absolute atomic E-state index is 5.83. The summed E-state index contributed by atoms with van der Waals surface area (Å²) in [6.45, 7) is 0.692. The highest BCUT2D eigenvalue weighted by molar-refractivity contribution is 9.10. The molecule has 0 aliphatic rings. The van der Waals surface area contributed by atoms with Crippen LogP contribution in [0.1, 0.15) is 11.1 Å². The molecule has 0 saturated carbocycles. The molecule has 0 amide bonds. The van der Waals surface area contributed by atoms with E-state index in [1.54, 1.807) is 12.5 Å². The predicted molar refractivity (Wildman–Crippen MR) is 72.8 cm³/mol.